The second-order valence-corrected chi connectivity index (χ2v) is 8.41. The molecule has 2 aromatic rings. The predicted molar refractivity (Wildman–Crippen MR) is 109 cm³/mol. The maximum atomic E-state index is 5.95. The molecule has 0 aromatic heterocycles. The van der Waals surface area contributed by atoms with E-state index in [1.807, 2.05) is 11.8 Å². The summed E-state index contributed by atoms with van der Waals surface area (Å²) in [7, 11) is 0. The summed E-state index contributed by atoms with van der Waals surface area (Å²) in [6, 6.07) is 16.3. The van der Waals surface area contributed by atoms with Gasteiger partial charge in [0.2, 0.25) is 0 Å². The minimum atomic E-state index is 0.382. The van der Waals surface area contributed by atoms with Gasteiger partial charge in [-0.3, -0.25) is 0 Å². The van der Waals surface area contributed by atoms with Crippen LogP contribution in [0.3, 0.4) is 0 Å². The van der Waals surface area contributed by atoms with E-state index in [0.717, 1.165) is 37.6 Å². The predicted octanol–water partition coefficient (Wildman–Crippen LogP) is 4.32. The van der Waals surface area contributed by atoms with Gasteiger partial charge in [-0.1, -0.05) is 37.3 Å². The fourth-order valence-electron chi connectivity index (χ4n) is 4.10. The summed E-state index contributed by atoms with van der Waals surface area (Å²) in [5.74, 6) is 2.23. The van der Waals surface area contributed by atoms with Crippen LogP contribution < -0.4 is 15.4 Å². The van der Waals surface area contributed by atoms with E-state index >= 15 is 0 Å². The van der Waals surface area contributed by atoms with Crippen molar-refractivity contribution in [2.24, 2.45) is 0 Å². The number of piperidine rings is 1. The highest BCUT2D eigenvalue weighted by Gasteiger charge is 2.26. The summed E-state index contributed by atoms with van der Waals surface area (Å²) < 4.78 is 5.95. The van der Waals surface area contributed by atoms with Gasteiger partial charge in [-0.25, -0.2) is 0 Å². The van der Waals surface area contributed by atoms with Crippen molar-refractivity contribution < 1.29 is 4.74 Å². The van der Waals surface area contributed by atoms with Crippen LogP contribution in [-0.4, -0.2) is 24.9 Å². The summed E-state index contributed by atoms with van der Waals surface area (Å²) in [4.78, 5) is 1.37. The van der Waals surface area contributed by atoms with Gasteiger partial charge < -0.3 is 15.4 Å². The molecule has 2 N–H and O–H groups in total. The van der Waals surface area contributed by atoms with E-state index in [9.17, 15) is 0 Å². The topological polar surface area (TPSA) is 33.3 Å². The SMILES string of the molecule is CCSc1cc2c(c(CN[C@H]3CCCN[C@H]3c3ccccc3)c1)OCC2. The van der Waals surface area contributed by atoms with Crippen LogP contribution in [0.2, 0.25) is 0 Å². The van der Waals surface area contributed by atoms with E-state index in [1.165, 1.54) is 34.4 Å². The van der Waals surface area contributed by atoms with Gasteiger partial charge in [0.15, 0.2) is 0 Å². The Balaban J connectivity index is 1.51. The normalized spacial score (nSPS) is 22.0. The summed E-state index contributed by atoms with van der Waals surface area (Å²) in [5.41, 5.74) is 4.07. The highest BCUT2D eigenvalue weighted by Crippen LogP contribution is 2.35. The van der Waals surface area contributed by atoms with Gasteiger partial charge in [0.25, 0.3) is 0 Å². The van der Waals surface area contributed by atoms with E-state index < -0.39 is 0 Å². The summed E-state index contributed by atoms with van der Waals surface area (Å²) in [5, 5.41) is 7.54. The molecule has 3 nitrogen and oxygen atoms in total. The van der Waals surface area contributed by atoms with Crippen molar-refractivity contribution >= 4 is 11.8 Å². The fraction of sp³-hybridized carbons (Fsp3) is 0.455. The van der Waals surface area contributed by atoms with Crippen molar-refractivity contribution in [2.45, 2.75) is 49.7 Å². The third-order valence-corrected chi connectivity index (χ3v) is 6.17. The van der Waals surface area contributed by atoms with Crippen LogP contribution in [0.15, 0.2) is 47.4 Å². The average molecular weight is 369 g/mol. The number of nitrogens with one attached hydrogen (secondary N) is 2. The molecule has 1 saturated heterocycles. The molecule has 138 valence electrons. The number of ether oxygens (including phenoxy) is 1. The Morgan fingerprint density at radius 3 is 2.96 bits per heavy atom. The van der Waals surface area contributed by atoms with Gasteiger partial charge in [-0.05, 0) is 48.4 Å². The number of hydrogen-bond acceptors (Lipinski definition) is 4. The molecule has 2 atom stereocenters. The van der Waals surface area contributed by atoms with Crippen molar-refractivity contribution in [3.63, 3.8) is 0 Å². The highest BCUT2D eigenvalue weighted by molar-refractivity contribution is 7.99. The number of rotatable bonds is 6. The third-order valence-electron chi connectivity index (χ3n) is 5.32. The standard InChI is InChI=1S/C22H28N2OS/c1-2-26-19-13-17-10-12-25-22(17)18(14-19)15-24-20-9-6-11-23-21(20)16-7-4-3-5-8-16/h3-5,7-8,13-14,20-21,23-24H,2,6,9-12,15H2,1H3/t20-,21-/m0/s1. The largest absolute Gasteiger partial charge is 0.493 e. The lowest BCUT2D eigenvalue weighted by Crippen LogP contribution is -2.45. The molecule has 0 spiro atoms. The van der Waals surface area contributed by atoms with Crippen molar-refractivity contribution in [3.05, 3.63) is 59.2 Å². The average Bonchev–Trinajstić information content (AvgIpc) is 3.16. The molecule has 2 aromatic carbocycles. The molecule has 0 unspecified atom stereocenters. The molecular formula is C22H28N2OS. The van der Waals surface area contributed by atoms with Crippen molar-refractivity contribution in [3.8, 4) is 5.75 Å². The van der Waals surface area contributed by atoms with Crippen molar-refractivity contribution in [1.82, 2.24) is 10.6 Å². The molecule has 0 saturated carbocycles. The smallest absolute Gasteiger partial charge is 0.127 e. The van der Waals surface area contributed by atoms with Gasteiger partial charge >= 0.3 is 0 Å². The number of benzene rings is 2. The lowest BCUT2D eigenvalue weighted by molar-refractivity contribution is 0.301. The lowest BCUT2D eigenvalue weighted by Gasteiger charge is -2.34. The molecular weight excluding hydrogens is 340 g/mol. The van der Waals surface area contributed by atoms with Crippen molar-refractivity contribution in [2.75, 3.05) is 18.9 Å². The summed E-state index contributed by atoms with van der Waals surface area (Å²) in [6.45, 7) is 5.00. The Morgan fingerprint density at radius 1 is 1.23 bits per heavy atom. The first-order valence-corrected chi connectivity index (χ1v) is 10.8. The van der Waals surface area contributed by atoms with E-state index in [0.29, 0.717) is 12.1 Å². The third kappa shape index (κ3) is 3.93. The van der Waals surface area contributed by atoms with Crippen LogP contribution in [0.5, 0.6) is 5.75 Å². The summed E-state index contributed by atoms with van der Waals surface area (Å²) in [6.07, 6.45) is 3.47. The zero-order valence-corrected chi connectivity index (χ0v) is 16.3. The molecule has 26 heavy (non-hydrogen) atoms. The van der Waals surface area contributed by atoms with E-state index in [4.69, 9.17) is 4.74 Å². The molecule has 2 aliphatic rings. The maximum Gasteiger partial charge on any atom is 0.127 e. The zero-order valence-electron chi connectivity index (χ0n) is 15.5. The van der Waals surface area contributed by atoms with Crippen LogP contribution in [-0.2, 0) is 13.0 Å². The second kappa shape index (κ2) is 8.47. The van der Waals surface area contributed by atoms with Gasteiger partial charge in [-0.15, -0.1) is 11.8 Å². The first-order chi connectivity index (χ1) is 12.8. The zero-order chi connectivity index (χ0) is 17.8. The lowest BCUT2D eigenvalue weighted by atomic mass is 9.92. The maximum absolute atomic E-state index is 5.95. The quantitative estimate of drug-likeness (QED) is 0.744. The van der Waals surface area contributed by atoms with Crippen LogP contribution in [0, 0.1) is 0 Å². The first-order valence-electron chi connectivity index (χ1n) is 9.78. The van der Waals surface area contributed by atoms with E-state index in [2.05, 4.69) is 60.0 Å². The Bertz CT molecular complexity index is 734. The highest BCUT2D eigenvalue weighted by atomic mass is 32.2. The number of thioether (sulfide) groups is 1. The molecule has 2 aliphatic heterocycles. The van der Waals surface area contributed by atoms with E-state index in [1.54, 1.807) is 0 Å². The molecule has 0 aliphatic carbocycles. The van der Waals surface area contributed by atoms with Gasteiger partial charge in [0.1, 0.15) is 5.75 Å². The van der Waals surface area contributed by atoms with Crippen LogP contribution in [0.4, 0.5) is 0 Å². The Labute approximate surface area is 160 Å². The second-order valence-electron chi connectivity index (χ2n) is 7.07. The molecule has 1 fully saturated rings. The molecule has 2 heterocycles. The van der Waals surface area contributed by atoms with Gasteiger partial charge in [0, 0.05) is 35.5 Å². The van der Waals surface area contributed by atoms with Crippen LogP contribution >= 0.6 is 11.8 Å². The molecule has 0 bridgehead atoms. The molecule has 4 heteroatoms. The van der Waals surface area contributed by atoms with Crippen molar-refractivity contribution in [1.29, 1.82) is 0 Å². The van der Waals surface area contributed by atoms with E-state index in [-0.39, 0.29) is 0 Å². The minimum Gasteiger partial charge on any atom is -0.493 e. The van der Waals surface area contributed by atoms with Crippen LogP contribution in [0.1, 0.15) is 42.5 Å². The fourth-order valence-corrected chi connectivity index (χ4v) is 4.88. The monoisotopic (exact) mass is 368 g/mol. The Morgan fingerprint density at radius 2 is 2.12 bits per heavy atom. The van der Waals surface area contributed by atoms with Gasteiger partial charge in [0.05, 0.1) is 6.61 Å². The molecule has 0 radical (unpaired) electrons. The minimum absolute atomic E-state index is 0.382. The number of fused-ring (bicyclic) bond motifs is 1. The Hall–Kier alpha value is -1.49. The first kappa shape index (κ1) is 17.9. The van der Waals surface area contributed by atoms with Gasteiger partial charge in [-0.2, -0.15) is 0 Å². The molecule has 0 amide bonds. The Kier molecular flexibility index (Phi) is 5.83. The molecule has 4 rings (SSSR count). The number of hydrogen-bond donors (Lipinski definition) is 2. The van der Waals surface area contributed by atoms with Crippen LogP contribution in [0.25, 0.3) is 0 Å². The summed E-state index contributed by atoms with van der Waals surface area (Å²) >= 11 is 1.92.